The zero-order valence-corrected chi connectivity index (χ0v) is 24.0. The molecule has 3 N–H and O–H groups in total. The van der Waals surface area contributed by atoms with Gasteiger partial charge in [-0.05, 0) is 37.6 Å². The molecule has 8 nitrogen and oxygen atoms in total. The van der Waals surface area contributed by atoms with Crippen molar-refractivity contribution in [2.45, 2.75) is 49.2 Å². The molecule has 0 amide bonds. The highest BCUT2D eigenvalue weighted by Crippen LogP contribution is 2.47. The lowest BCUT2D eigenvalue weighted by Gasteiger charge is -2.30. The molecular formula is C28H24F8N6O2S. The second-order valence-corrected chi connectivity index (χ2v) is 12.5. The van der Waals surface area contributed by atoms with E-state index in [2.05, 4.69) is 20.3 Å². The van der Waals surface area contributed by atoms with Crippen LogP contribution in [0.2, 0.25) is 0 Å². The minimum Gasteiger partial charge on any atom is -0.466 e. The molecule has 7 rings (SSSR count). The van der Waals surface area contributed by atoms with Gasteiger partial charge >= 0.3 is 12.2 Å². The number of nitrogens with two attached hydrogens (primary N) is 1. The van der Waals surface area contributed by atoms with Gasteiger partial charge in [0.25, 0.3) is 5.92 Å². The third kappa shape index (κ3) is 5.08. The smallest absolute Gasteiger partial charge is 0.417 e. The number of benzene rings is 2. The molecular weight excluding hydrogens is 636 g/mol. The summed E-state index contributed by atoms with van der Waals surface area (Å²) in [5, 5.41) is 1.65. The maximum atomic E-state index is 16.5. The summed E-state index contributed by atoms with van der Waals surface area (Å²) in [7, 11) is 0. The summed E-state index contributed by atoms with van der Waals surface area (Å²) in [5.41, 5.74) is 1.04. The van der Waals surface area contributed by atoms with Gasteiger partial charge in [0.2, 0.25) is 5.88 Å². The number of alkyl halides is 6. The zero-order chi connectivity index (χ0) is 31.9. The van der Waals surface area contributed by atoms with Crippen molar-refractivity contribution >= 4 is 37.6 Å². The minimum atomic E-state index is -5.19. The van der Waals surface area contributed by atoms with Crippen LogP contribution in [0.15, 0.2) is 18.2 Å². The highest BCUT2D eigenvalue weighted by Gasteiger charge is 2.50. The number of nitrogens with one attached hydrogen (secondary N) is 1. The molecule has 0 unspecified atom stereocenters. The summed E-state index contributed by atoms with van der Waals surface area (Å²) < 4.78 is 129. The summed E-state index contributed by atoms with van der Waals surface area (Å²) in [6.07, 6.45) is -6.60. The lowest BCUT2D eigenvalue weighted by molar-refractivity contribution is -0.137. The van der Waals surface area contributed by atoms with Gasteiger partial charge in [-0.2, -0.15) is 23.1 Å². The standard InChI is InChI=1S/C28H24F8N6O2S/c29-12-7-26(4-1-5-42(26)9-12)11-43-25-40-20-14(23(41-25)44-17-8-38-10-27(17,32)33)6-15(28(34,35)36)18(19(20)31)13-2-3-16(30)22-21(13)39-24(37)45-22/h2-3,6,12,17,38H,1,4-5,7-11H2,(H2,37,39)/t12-,17+,26+/m1/s1. The van der Waals surface area contributed by atoms with Crippen molar-refractivity contribution in [2.24, 2.45) is 0 Å². The summed E-state index contributed by atoms with van der Waals surface area (Å²) in [4.78, 5) is 13.9. The first-order valence-electron chi connectivity index (χ1n) is 14.0. The molecule has 3 fully saturated rings. The first-order valence-corrected chi connectivity index (χ1v) is 14.8. The van der Waals surface area contributed by atoms with E-state index in [4.69, 9.17) is 15.2 Å². The van der Waals surface area contributed by atoms with Gasteiger partial charge in [-0.15, -0.1) is 0 Å². The molecule has 0 bridgehead atoms. The first kappa shape index (κ1) is 30.1. The lowest BCUT2D eigenvalue weighted by Crippen LogP contribution is -2.43. The second-order valence-electron chi connectivity index (χ2n) is 11.5. The lowest BCUT2D eigenvalue weighted by atomic mass is 9.95. The Morgan fingerprint density at radius 3 is 2.67 bits per heavy atom. The van der Waals surface area contributed by atoms with E-state index in [1.807, 2.05) is 4.90 Å². The van der Waals surface area contributed by atoms with E-state index in [-0.39, 0.29) is 41.5 Å². The van der Waals surface area contributed by atoms with Crippen LogP contribution in [0, 0.1) is 11.6 Å². The Kier molecular flexibility index (Phi) is 7.01. The monoisotopic (exact) mass is 660 g/mol. The van der Waals surface area contributed by atoms with Gasteiger partial charge in [-0.1, -0.05) is 11.3 Å². The second kappa shape index (κ2) is 10.5. The van der Waals surface area contributed by atoms with Gasteiger partial charge in [-0.3, -0.25) is 4.90 Å². The van der Waals surface area contributed by atoms with E-state index >= 15 is 4.39 Å². The van der Waals surface area contributed by atoms with Crippen LogP contribution in [0.1, 0.15) is 24.8 Å². The van der Waals surface area contributed by atoms with Gasteiger partial charge in [-0.25, -0.2) is 26.9 Å². The summed E-state index contributed by atoms with van der Waals surface area (Å²) in [6.45, 7) is -0.421. The molecule has 2 aromatic carbocycles. The van der Waals surface area contributed by atoms with Gasteiger partial charge in [0.1, 0.15) is 24.1 Å². The Morgan fingerprint density at radius 1 is 1.13 bits per heavy atom. The fraction of sp³-hybridized carbons (Fsp3) is 0.464. The Labute approximate surface area is 253 Å². The summed E-state index contributed by atoms with van der Waals surface area (Å²) in [5.74, 6) is -6.51. The molecule has 3 aliphatic heterocycles. The third-order valence-electron chi connectivity index (χ3n) is 8.61. The fourth-order valence-electron chi connectivity index (χ4n) is 6.56. The average molecular weight is 661 g/mol. The molecule has 5 heterocycles. The normalized spacial score (nSPS) is 25.0. The van der Waals surface area contributed by atoms with Crippen LogP contribution in [0.4, 0.5) is 40.3 Å². The van der Waals surface area contributed by atoms with Crippen molar-refractivity contribution in [3.8, 4) is 23.0 Å². The third-order valence-corrected chi connectivity index (χ3v) is 9.50. The molecule has 0 spiro atoms. The molecule has 17 heteroatoms. The summed E-state index contributed by atoms with van der Waals surface area (Å²) in [6, 6.07) is 1.75. The van der Waals surface area contributed by atoms with Gasteiger partial charge in [0, 0.05) is 30.6 Å². The number of rotatable bonds is 6. The Bertz CT molecular complexity index is 1820. The molecule has 0 radical (unpaired) electrons. The number of thiazole rings is 1. The summed E-state index contributed by atoms with van der Waals surface area (Å²) >= 11 is 0.673. The number of aromatic nitrogens is 3. The quantitative estimate of drug-likeness (QED) is 0.254. The van der Waals surface area contributed by atoms with Crippen LogP contribution < -0.4 is 20.5 Å². The molecule has 45 heavy (non-hydrogen) atoms. The SMILES string of the molecule is Nc1nc2c(-c3c(C(F)(F)F)cc4c(O[C@H]5CNCC5(F)F)nc(OC[C@@]56CCCN5C[C@H](F)C6)nc4c3F)ccc(F)c2s1. The predicted octanol–water partition coefficient (Wildman–Crippen LogP) is 5.73. The number of halogens is 8. The molecule has 2 aromatic heterocycles. The van der Waals surface area contributed by atoms with E-state index in [0.29, 0.717) is 30.4 Å². The molecule has 3 aliphatic rings. The number of nitrogen functional groups attached to an aromatic ring is 1. The van der Waals surface area contributed by atoms with Crippen molar-refractivity contribution in [3.63, 3.8) is 0 Å². The molecule has 0 aliphatic carbocycles. The highest BCUT2D eigenvalue weighted by atomic mass is 32.1. The van der Waals surface area contributed by atoms with Crippen LogP contribution in [-0.4, -0.2) is 76.4 Å². The molecule has 0 saturated carbocycles. The fourth-order valence-corrected chi connectivity index (χ4v) is 7.32. The Balaban J connectivity index is 1.42. The predicted molar refractivity (Wildman–Crippen MR) is 148 cm³/mol. The molecule has 3 saturated heterocycles. The van der Waals surface area contributed by atoms with Crippen molar-refractivity contribution in [2.75, 3.05) is 38.5 Å². The topological polar surface area (TPSA) is 98.4 Å². The van der Waals surface area contributed by atoms with Gasteiger partial charge in [0.05, 0.1) is 33.2 Å². The van der Waals surface area contributed by atoms with E-state index < -0.39 is 87.6 Å². The van der Waals surface area contributed by atoms with Crippen molar-refractivity contribution in [3.05, 3.63) is 35.4 Å². The maximum Gasteiger partial charge on any atom is 0.417 e. The van der Waals surface area contributed by atoms with E-state index in [9.17, 15) is 30.7 Å². The number of fused-ring (bicyclic) bond motifs is 3. The van der Waals surface area contributed by atoms with Crippen LogP contribution in [0.3, 0.4) is 0 Å². The zero-order valence-electron chi connectivity index (χ0n) is 23.2. The highest BCUT2D eigenvalue weighted by molar-refractivity contribution is 7.22. The number of hydrogen-bond acceptors (Lipinski definition) is 9. The van der Waals surface area contributed by atoms with E-state index in [0.717, 1.165) is 18.6 Å². The first-order chi connectivity index (χ1) is 21.3. The van der Waals surface area contributed by atoms with Crippen LogP contribution in [0.5, 0.6) is 11.9 Å². The van der Waals surface area contributed by atoms with Crippen LogP contribution in [0.25, 0.3) is 32.2 Å². The maximum absolute atomic E-state index is 16.5. The van der Waals surface area contributed by atoms with E-state index in [1.54, 1.807) is 0 Å². The van der Waals surface area contributed by atoms with Gasteiger partial charge < -0.3 is 20.5 Å². The van der Waals surface area contributed by atoms with Crippen molar-refractivity contribution < 1.29 is 44.6 Å². The van der Waals surface area contributed by atoms with Gasteiger partial charge in [0.15, 0.2) is 17.1 Å². The van der Waals surface area contributed by atoms with Crippen molar-refractivity contribution in [1.29, 1.82) is 0 Å². The Morgan fingerprint density at radius 2 is 1.93 bits per heavy atom. The minimum absolute atomic E-state index is 0.134. The van der Waals surface area contributed by atoms with E-state index in [1.165, 1.54) is 0 Å². The van der Waals surface area contributed by atoms with Crippen LogP contribution >= 0.6 is 11.3 Å². The Hall–Kier alpha value is -3.57. The van der Waals surface area contributed by atoms with Crippen molar-refractivity contribution in [1.82, 2.24) is 25.2 Å². The number of hydrogen-bond donors (Lipinski definition) is 2. The number of nitrogens with zero attached hydrogens (tertiary/aromatic N) is 4. The number of anilines is 1. The molecule has 240 valence electrons. The molecule has 3 atom stereocenters. The number of ether oxygens (including phenoxy) is 2. The average Bonchev–Trinajstić information content (AvgIpc) is 3.70. The largest absolute Gasteiger partial charge is 0.466 e. The molecule has 4 aromatic rings. The van der Waals surface area contributed by atoms with Crippen LogP contribution in [-0.2, 0) is 6.18 Å².